The van der Waals surface area contributed by atoms with E-state index in [1.165, 1.54) is 23.9 Å². The molecule has 0 unspecified atom stereocenters. The van der Waals surface area contributed by atoms with Crippen molar-refractivity contribution in [1.82, 2.24) is 4.98 Å². The average molecular weight is 395 g/mol. The fourth-order valence-electron chi connectivity index (χ4n) is 2.51. The Labute approximate surface area is 144 Å². The minimum Gasteiger partial charge on any atom is -0.361 e. The molecule has 0 saturated carbocycles. The number of nitrogens with one attached hydrogen (secondary N) is 2. The van der Waals surface area contributed by atoms with Gasteiger partial charge in [0.25, 0.3) is 0 Å². The number of hydrogen-bond donors (Lipinski definition) is 2. The van der Waals surface area contributed by atoms with Crippen molar-refractivity contribution in [3.8, 4) is 0 Å². The van der Waals surface area contributed by atoms with Crippen molar-refractivity contribution in [2.24, 2.45) is 0 Å². The molecule has 0 aliphatic heterocycles. The normalized spacial score (nSPS) is 11.1. The van der Waals surface area contributed by atoms with Crippen LogP contribution < -0.4 is 0 Å². The first kappa shape index (κ1) is 16.2. The summed E-state index contributed by atoms with van der Waals surface area (Å²) in [5.74, 6) is -0.758. The number of benzene rings is 2. The Morgan fingerprint density at radius 3 is 2.74 bits per heavy atom. The zero-order chi connectivity index (χ0) is 16.6. The molecular weight excluding hydrogens is 382 g/mol. The van der Waals surface area contributed by atoms with Gasteiger partial charge in [-0.3, -0.25) is 5.41 Å². The van der Waals surface area contributed by atoms with Crippen LogP contribution >= 0.6 is 27.7 Å². The summed E-state index contributed by atoms with van der Waals surface area (Å²) in [7, 11) is 0. The Bertz CT molecular complexity index is 905. The van der Waals surface area contributed by atoms with Crippen molar-refractivity contribution in [2.45, 2.75) is 6.42 Å². The minimum absolute atomic E-state index is 0.157. The van der Waals surface area contributed by atoms with Gasteiger partial charge in [0.2, 0.25) is 0 Å². The van der Waals surface area contributed by atoms with Gasteiger partial charge in [-0.1, -0.05) is 6.07 Å². The zero-order valence-corrected chi connectivity index (χ0v) is 14.6. The topological polar surface area (TPSA) is 39.6 Å². The van der Waals surface area contributed by atoms with Crippen LogP contribution in [0.1, 0.15) is 16.7 Å². The predicted molar refractivity (Wildman–Crippen MR) is 95.5 cm³/mol. The third-order valence-electron chi connectivity index (χ3n) is 3.70. The third-order valence-corrected chi connectivity index (χ3v) is 5.23. The molecule has 0 spiro atoms. The third kappa shape index (κ3) is 3.05. The van der Waals surface area contributed by atoms with Crippen LogP contribution in [0.5, 0.6) is 0 Å². The van der Waals surface area contributed by atoms with Crippen LogP contribution in [0.15, 0.2) is 41.0 Å². The monoisotopic (exact) mass is 394 g/mol. The van der Waals surface area contributed by atoms with Crippen LogP contribution in [-0.4, -0.2) is 16.3 Å². The number of thioether (sulfide) groups is 1. The first-order chi connectivity index (χ1) is 11.0. The van der Waals surface area contributed by atoms with E-state index in [2.05, 4.69) is 20.9 Å². The van der Waals surface area contributed by atoms with E-state index >= 15 is 0 Å². The molecule has 1 heterocycles. The lowest BCUT2D eigenvalue weighted by molar-refractivity contribution is 0.613. The highest BCUT2D eigenvalue weighted by Crippen LogP contribution is 2.31. The summed E-state index contributed by atoms with van der Waals surface area (Å²) >= 11 is 4.64. The second-order valence-electron chi connectivity index (χ2n) is 5.11. The number of fused-ring (bicyclic) bond motifs is 1. The van der Waals surface area contributed by atoms with Gasteiger partial charge < -0.3 is 4.98 Å². The van der Waals surface area contributed by atoms with Gasteiger partial charge in [-0.05, 0) is 52.0 Å². The molecule has 0 radical (unpaired) electrons. The number of aromatic amines is 1. The number of H-pyrrole nitrogens is 1. The smallest absolute Gasteiger partial charge is 0.133 e. The van der Waals surface area contributed by atoms with E-state index in [9.17, 15) is 8.78 Å². The molecule has 118 valence electrons. The van der Waals surface area contributed by atoms with Crippen molar-refractivity contribution >= 4 is 43.6 Å². The summed E-state index contributed by atoms with van der Waals surface area (Å²) in [6, 6.07) is 7.91. The first-order valence-electron chi connectivity index (χ1n) is 6.86. The van der Waals surface area contributed by atoms with E-state index in [-0.39, 0.29) is 16.4 Å². The number of aromatic nitrogens is 1. The molecule has 1 aromatic heterocycles. The van der Waals surface area contributed by atoms with Gasteiger partial charge in [-0.25, -0.2) is 8.78 Å². The molecule has 23 heavy (non-hydrogen) atoms. The highest BCUT2D eigenvalue weighted by atomic mass is 79.9. The van der Waals surface area contributed by atoms with E-state index in [0.29, 0.717) is 16.5 Å². The molecule has 0 atom stereocenters. The first-order valence-corrected chi connectivity index (χ1v) is 8.88. The molecule has 0 saturated heterocycles. The number of rotatable bonds is 3. The predicted octanol–water partition coefficient (Wildman–Crippen LogP) is 5.49. The highest BCUT2D eigenvalue weighted by Gasteiger charge is 2.15. The van der Waals surface area contributed by atoms with Crippen molar-refractivity contribution in [1.29, 1.82) is 5.41 Å². The molecule has 2 aromatic carbocycles. The molecule has 0 aliphatic rings. The lowest BCUT2D eigenvalue weighted by atomic mass is 10.0. The van der Waals surface area contributed by atoms with Crippen LogP contribution in [0.3, 0.4) is 0 Å². The Balaban J connectivity index is 2.04. The number of hydrogen-bond acceptors (Lipinski definition) is 2. The van der Waals surface area contributed by atoms with Gasteiger partial charge in [-0.2, -0.15) is 0 Å². The van der Waals surface area contributed by atoms with Gasteiger partial charge >= 0.3 is 0 Å². The standard InChI is InChI=1S/C17H13BrF2N2S/c1-23-17(21)12-7-9(2-3-13(12)19)6-11-14(20)8-15-10(16(11)18)4-5-22-15/h2-5,7-8,21-22H,6H2,1H3. The van der Waals surface area contributed by atoms with Crippen LogP contribution in [0, 0.1) is 17.0 Å². The van der Waals surface area contributed by atoms with Crippen molar-refractivity contribution < 1.29 is 8.78 Å². The Morgan fingerprint density at radius 1 is 1.22 bits per heavy atom. The van der Waals surface area contributed by atoms with E-state index in [1.807, 2.05) is 6.07 Å². The molecule has 3 aromatic rings. The van der Waals surface area contributed by atoms with Gasteiger partial charge in [0.05, 0.1) is 5.04 Å². The van der Waals surface area contributed by atoms with E-state index in [1.54, 1.807) is 24.6 Å². The number of halogens is 3. The summed E-state index contributed by atoms with van der Waals surface area (Å²) in [6.45, 7) is 0. The van der Waals surface area contributed by atoms with Crippen LogP contribution in [0.2, 0.25) is 0 Å². The molecular formula is C17H13BrF2N2S. The second kappa shape index (κ2) is 6.45. The molecule has 2 nitrogen and oxygen atoms in total. The Kier molecular flexibility index (Phi) is 4.55. The maximum absolute atomic E-state index is 14.4. The summed E-state index contributed by atoms with van der Waals surface area (Å²) < 4.78 is 28.9. The van der Waals surface area contributed by atoms with Gasteiger partial charge in [0.15, 0.2) is 0 Å². The van der Waals surface area contributed by atoms with E-state index < -0.39 is 5.82 Å². The fourth-order valence-corrected chi connectivity index (χ4v) is 3.56. The van der Waals surface area contributed by atoms with Crippen LogP contribution in [0.25, 0.3) is 10.9 Å². The fraction of sp³-hybridized carbons (Fsp3) is 0.118. The van der Waals surface area contributed by atoms with Crippen LogP contribution in [0.4, 0.5) is 8.78 Å². The summed E-state index contributed by atoms with van der Waals surface area (Å²) in [4.78, 5) is 2.98. The van der Waals surface area contributed by atoms with Gasteiger partial charge in [0, 0.05) is 39.1 Å². The van der Waals surface area contributed by atoms with Crippen LogP contribution in [-0.2, 0) is 6.42 Å². The van der Waals surface area contributed by atoms with Crippen molar-refractivity contribution in [3.05, 3.63) is 69.3 Å². The molecule has 3 rings (SSSR count). The lowest BCUT2D eigenvalue weighted by Gasteiger charge is -2.10. The minimum atomic E-state index is -0.436. The van der Waals surface area contributed by atoms with Gasteiger partial charge in [0.1, 0.15) is 11.6 Å². The second-order valence-corrected chi connectivity index (χ2v) is 6.72. The summed E-state index contributed by atoms with van der Waals surface area (Å²) in [5, 5.41) is 8.86. The van der Waals surface area contributed by atoms with Gasteiger partial charge in [-0.15, -0.1) is 11.8 Å². The van der Waals surface area contributed by atoms with E-state index in [4.69, 9.17) is 5.41 Å². The lowest BCUT2D eigenvalue weighted by Crippen LogP contribution is -2.01. The Morgan fingerprint density at radius 2 is 2.00 bits per heavy atom. The maximum atomic E-state index is 14.4. The largest absolute Gasteiger partial charge is 0.361 e. The van der Waals surface area contributed by atoms with Crippen molar-refractivity contribution in [2.75, 3.05) is 6.26 Å². The Hall–Kier alpha value is -1.66. The quantitative estimate of drug-likeness (QED) is 0.447. The molecule has 0 fully saturated rings. The average Bonchev–Trinajstić information content (AvgIpc) is 3.00. The summed E-state index contributed by atoms with van der Waals surface area (Å²) in [6.07, 6.45) is 3.81. The highest BCUT2D eigenvalue weighted by molar-refractivity contribution is 9.10. The molecule has 6 heteroatoms. The molecule has 0 bridgehead atoms. The SMILES string of the molecule is CSC(=N)c1cc(Cc2c(F)cc3[nH]ccc3c2Br)ccc1F. The zero-order valence-electron chi connectivity index (χ0n) is 12.2. The summed E-state index contributed by atoms with van der Waals surface area (Å²) in [5.41, 5.74) is 2.25. The molecule has 2 N–H and O–H groups in total. The van der Waals surface area contributed by atoms with E-state index in [0.717, 1.165) is 16.5 Å². The maximum Gasteiger partial charge on any atom is 0.133 e. The molecule has 0 amide bonds. The molecule has 0 aliphatic carbocycles. The van der Waals surface area contributed by atoms with Crippen molar-refractivity contribution in [3.63, 3.8) is 0 Å².